The zero-order valence-electron chi connectivity index (χ0n) is 14.2. The molecule has 0 spiro atoms. The first-order valence-electron chi connectivity index (χ1n) is 8.92. The van der Waals surface area contributed by atoms with Crippen LogP contribution in [0.2, 0.25) is 0 Å². The van der Waals surface area contributed by atoms with Gasteiger partial charge in [0.1, 0.15) is 17.2 Å². The summed E-state index contributed by atoms with van der Waals surface area (Å²) in [5.74, 6) is 1.42. The van der Waals surface area contributed by atoms with E-state index in [0.29, 0.717) is 11.1 Å². The first kappa shape index (κ1) is 15.5. The summed E-state index contributed by atoms with van der Waals surface area (Å²) >= 11 is 0. The van der Waals surface area contributed by atoms with Gasteiger partial charge in [-0.2, -0.15) is 5.10 Å². The molecular weight excluding hydrogens is 330 g/mol. The number of aliphatic hydroxyl groups is 1. The van der Waals surface area contributed by atoms with Crippen LogP contribution in [0.15, 0.2) is 41.2 Å². The SMILES string of the molecule is O=c1[nH]nc2c3c(cccc13)Oc1ccc(CN3CCC(O)CC3)cc1-2. The average molecular weight is 349 g/mol. The quantitative estimate of drug-likeness (QED) is 0.582. The molecule has 2 aromatic carbocycles. The monoisotopic (exact) mass is 349 g/mol. The number of likely N-dealkylation sites (tertiary alicyclic amines) is 1. The maximum Gasteiger partial charge on any atom is 0.272 e. The van der Waals surface area contributed by atoms with Gasteiger partial charge in [0.2, 0.25) is 0 Å². The fourth-order valence-corrected chi connectivity index (χ4v) is 3.87. The predicted molar refractivity (Wildman–Crippen MR) is 98.4 cm³/mol. The van der Waals surface area contributed by atoms with E-state index in [1.807, 2.05) is 18.2 Å². The molecule has 1 aromatic heterocycles. The number of hydrogen-bond acceptors (Lipinski definition) is 5. The molecule has 3 heterocycles. The first-order valence-corrected chi connectivity index (χ1v) is 8.92. The van der Waals surface area contributed by atoms with Crippen LogP contribution < -0.4 is 10.3 Å². The lowest BCUT2D eigenvalue weighted by Gasteiger charge is -2.29. The third kappa shape index (κ3) is 2.50. The number of aromatic amines is 1. The summed E-state index contributed by atoms with van der Waals surface area (Å²) in [6.07, 6.45) is 1.48. The molecule has 6 heteroatoms. The van der Waals surface area contributed by atoms with Crippen LogP contribution in [0, 0.1) is 0 Å². The van der Waals surface area contributed by atoms with Crippen LogP contribution in [0.25, 0.3) is 22.0 Å². The van der Waals surface area contributed by atoms with Crippen LogP contribution in [-0.2, 0) is 6.54 Å². The predicted octanol–water partition coefficient (Wildman–Crippen LogP) is 2.65. The Morgan fingerprint density at radius 3 is 2.88 bits per heavy atom. The summed E-state index contributed by atoms with van der Waals surface area (Å²) in [5.41, 5.74) is 2.62. The third-order valence-electron chi connectivity index (χ3n) is 5.26. The molecule has 0 unspecified atom stereocenters. The van der Waals surface area contributed by atoms with Gasteiger partial charge in [-0.3, -0.25) is 9.69 Å². The highest BCUT2D eigenvalue weighted by molar-refractivity contribution is 6.01. The maximum atomic E-state index is 12.1. The summed E-state index contributed by atoms with van der Waals surface area (Å²) in [6.45, 7) is 2.63. The molecule has 3 aromatic rings. The Kier molecular flexibility index (Phi) is 3.55. The second kappa shape index (κ2) is 5.93. The summed E-state index contributed by atoms with van der Waals surface area (Å²) in [6, 6.07) is 11.6. The highest BCUT2D eigenvalue weighted by Gasteiger charge is 2.23. The van der Waals surface area contributed by atoms with Gasteiger partial charge in [0.05, 0.1) is 16.9 Å². The van der Waals surface area contributed by atoms with E-state index in [9.17, 15) is 9.90 Å². The van der Waals surface area contributed by atoms with E-state index >= 15 is 0 Å². The van der Waals surface area contributed by atoms with Gasteiger partial charge in [-0.15, -0.1) is 0 Å². The van der Waals surface area contributed by atoms with Crippen LogP contribution in [0.1, 0.15) is 18.4 Å². The second-order valence-electron chi connectivity index (χ2n) is 7.02. The maximum absolute atomic E-state index is 12.1. The fourth-order valence-electron chi connectivity index (χ4n) is 3.87. The molecule has 6 nitrogen and oxygen atoms in total. The van der Waals surface area contributed by atoms with E-state index in [4.69, 9.17) is 4.74 Å². The standard InChI is InChI=1S/C20H19N3O3/c24-13-6-8-23(9-7-13)11-12-4-5-16-15(10-12)19-18-14(20(25)22-21-19)2-1-3-17(18)26-16/h1-5,10,13,24H,6-9,11H2,(H,22,25). The van der Waals surface area contributed by atoms with E-state index in [1.165, 1.54) is 5.56 Å². The number of nitrogens with one attached hydrogen (secondary N) is 1. The summed E-state index contributed by atoms with van der Waals surface area (Å²) < 4.78 is 6.02. The van der Waals surface area contributed by atoms with Crippen molar-refractivity contribution in [2.45, 2.75) is 25.5 Å². The Balaban J connectivity index is 1.56. The van der Waals surface area contributed by atoms with Gasteiger partial charge >= 0.3 is 0 Å². The van der Waals surface area contributed by atoms with Gasteiger partial charge in [0, 0.05) is 25.2 Å². The molecule has 0 saturated carbocycles. The van der Waals surface area contributed by atoms with Gasteiger partial charge in [-0.25, -0.2) is 5.10 Å². The molecule has 2 aliphatic rings. The van der Waals surface area contributed by atoms with Crippen LogP contribution in [0.4, 0.5) is 0 Å². The minimum atomic E-state index is -0.208. The van der Waals surface area contributed by atoms with Gasteiger partial charge in [0.25, 0.3) is 5.56 Å². The summed E-state index contributed by atoms with van der Waals surface area (Å²) in [7, 11) is 0. The average Bonchev–Trinajstić information content (AvgIpc) is 2.66. The number of aromatic nitrogens is 2. The molecule has 5 rings (SSSR count). The van der Waals surface area contributed by atoms with Crippen LogP contribution >= 0.6 is 0 Å². The van der Waals surface area contributed by atoms with Crippen molar-refractivity contribution in [1.82, 2.24) is 15.1 Å². The molecule has 1 saturated heterocycles. The highest BCUT2D eigenvalue weighted by Crippen LogP contribution is 2.44. The van der Waals surface area contributed by atoms with E-state index in [-0.39, 0.29) is 11.7 Å². The molecule has 0 atom stereocenters. The summed E-state index contributed by atoms with van der Waals surface area (Å²) in [5, 5.41) is 17.9. The molecule has 2 aliphatic heterocycles. The van der Waals surface area contributed by atoms with E-state index in [1.54, 1.807) is 6.07 Å². The molecule has 0 amide bonds. The Bertz CT molecular complexity index is 1050. The minimum Gasteiger partial charge on any atom is -0.456 e. The number of H-pyrrole nitrogens is 1. The van der Waals surface area contributed by atoms with Crippen molar-refractivity contribution in [1.29, 1.82) is 0 Å². The lowest BCUT2D eigenvalue weighted by atomic mass is 9.98. The molecule has 0 radical (unpaired) electrons. The molecule has 26 heavy (non-hydrogen) atoms. The first-order chi connectivity index (χ1) is 12.7. The lowest BCUT2D eigenvalue weighted by molar-refractivity contribution is 0.0792. The zero-order chi connectivity index (χ0) is 17.7. The number of benzene rings is 2. The summed E-state index contributed by atoms with van der Waals surface area (Å²) in [4.78, 5) is 14.4. The highest BCUT2D eigenvalue weighted by atomic mass is 16.5. The van der Waals surface area contributed by atoms with Gasteiger partial charge < -0.3 is 9.84 Å². The molecular formula is C20H19N3O3. The molecule has 0 aliphatic carbocycles. The van der Waals surface area contributed by atoms with Gasteiger partial charge in [-0.05, 0) is 42.7 Å². The normalized spacial score (nSPS) is 17.1. The van der Waals surface area contributed by atoms with Gasteiger partial charge in [-0.1, -0.05) is 12.1 Å². The van der Waals surface area contributed by atoms with Crippen molar-refractivity contribution in [2.24, 2.45) is 0 Å². The van der Waals surface area contributed by atoms with Crippen molar-refractivity contribution >= 4 is 10.8 Å². The fraction of sp³-hybridized carbons (Fsp3) is 0.300. The van der Waals surface area contributed by atoms with E-state index in [2.05, 4.69) is 27.2 Å². The van der Waals surface area contributed by atoms with Crippen LogP contribution in [0.3, 0.4) is 0 Å². The van der Waals surface area contributed by atoms with Crippen LogP contribution in [0.5, 0.6) is 11.5 Å². The number of hydrogen-bond donors (Lipinski definition) is 2. The number of piperidine rings is 1. The topological polar surface area (TPSA) is 78.5 Å². The molecule has 132 valence electrons. The largest absolute Gasteiger partial charge is 0.456 e. The van der Waals surface area contributed by atoms with Crippen molar-refractivity contribution in [3.8, 4) is 22.8 Å². The number of rotatable bonds is 2. The zero-order valence-corrected chi connectivity index (χ0v) is 14.2. The van der Waals surface area contributed by atoms with E-state index < -0.39 is 0 Å². The van der Waals surface area contributed by atoms with Crippen molar-refractivity contribution in [2.75, 3.05) is 13.1 Å². The Morgan fingerprint density at radius 1 is 1.19 bits per heavy atom. The molecule has 1 fully saturated rings. The number of aliphatic hydroxyl groups excluding tert-OH is 1. The minimum absolute atomic E-state index is 0.168. The smallest absolute Gasteiger partial charge is 0.272 e. The third-order valence-corrected chi connectivity index (χ3v) is 5.26. The Labute approximate surface area is 150 Å². The Morgan fingerprint density at radius 2 is 2.04 bits per heavy atom. The van der Waals surface area contributed by atoms with Gasteiger partial charge in [0.15, 0.2) is 0 Å². The Hall–Kier alpha value is -2.70. The van der Waals surface area contributed by atoms with Crippen molar-refractivity contribution < 1.29 is 9.84 Å². The molecule has 2 N–H and O–H groups in total. The molecule has 0 bridgehead atoms. The van der Waals surface area contributed by atoms with Crippen LogP contribution in [-0.4, -0.2) is 39.4 Å². The number of ether oxygens (including phenoxy) is 1. The van der Waals surface area contributed by atoms with Crippen molar-refractivity contribution in [3.05, 3.63) is 52.3 Å². The number of fused-ring (bicyclic) bond motifs is 2. The van der Waals surface area contributed by atoms with E-state index in [0.717, 1.165) is 54.9 Å². The second-order valence-corrected chi connectivity index (χ2v) is 7.02. The lowest BCUT2D eigenvalue weighted by Crippen LogP contribution is -2.35. The number of nitrogens with zero attached hydrogens (tertiary/aromatic N) is 2. The van der Waals surface area contributed by atoms with Crippen molar-refractivity contribution in [3.63, 3.8) is 0 Å².